The van der Waals surface area contributed by atoms with Crippen LogP contribution in [0.15, 0.2) is 51.7 Å². The Balaban J connectivity index is 1.84. The van der Waals surface area contributed by atoms with Crippen molar-refractivity contribution < 1.29 is 9.21 Å². The van der Waals surface area contributed by atoms with Crippen LogP contribution in [0.5, 0.6) is 0 Å². The monoisotopic (exact) mass is 323 g/mol. The van der Waals surface area contributed by atoms with Crippen LogP contribution in [-0.2, 0) is 6.54 Å². The van der Waals surface area contributed by atoms with E-state index in [9.17, 15) is 9.59 Å². The molecule has 0 aliphatic carbocycles. The minimum absolute atomic E-state index is 0.0387. The summed E-state index contributed by atoms with van der Waals surface area (Å²) in [5.74, 6) is -0.507. The molecule has 0 fully saturated rings. The van der Waals surface area contributed by atoms with Gasteiger partial charge in [-0.25, -0.2) is 4.79 Å². The number of carbonyl (C=O) groups excluding carboxylic acids is 1. The predicted octanol–water partition coefficient (Wildman–Crippen LogP) is 2.20. The second-order valence-corrected chi connectivity index (χ2v) is 5.68. The highest BCUT2D eigenvalue weighted by atomic mass is 16.4. The van der Waals surface area contributed by atoms with E-state index in [4.69, 9.17) is 15.9 Å². The van der Waals surface area contributed by atoms with Crippen LogP contribution in [-0.4, -0.2) is 5.91 Å². The molecule has 122 valence electrons. The van der Waals surface area contributed by atoms with Crippen LogP contribution in [0.25, 0.3) is 11.0 Å². The SMILES string of the molecule is Cc1ccc2cc(C(=O)NCc3cc(N)cc(N)c3)c(=O)oc2c1. The normalized spacial score (nSPS) is 10.7. The van der Waals surface area contributed by atoms with Crippen LogP contribution in [0.1, 0.15) is 21.5 Å². The number of nitrogen functional groups attached to an aromatic ring is 2. The maximum Gasteiger partial charge on any atom is 0.349 e. The van der Waals surface area contributed by atoms with Gasteiger partial charge in [-0.1, -0.05) is 12.1 Å². The molecule has 3 rings (SSSR count). The lowest BCUT2D eigenvalue weighted by atomic mass is 10.1. The Bertz CT molecular complexity index is 972. The summed E-state index contributed by atoms with van der Waals surface area (Å²) in [5, 5.41) is 3.37. The molecule has 1 heterocycles. The van der Waals surface area contributed by atoms with Crippen molar-refractivity contribution in [2.45, 2.75) is 13.5 Å². The minimum atomic E-state index is -0.669. The summed E-state index contributed by atoms with van der Waals surface area (Å²) in [6.45, 7) is 2.11. The molecule has 0 atom stereocenters. The lowest BCUT2D eigenvalue weighted by Crippen LogP contribution is -2.27. The van der Waals surface area contributed by atoms with Crippen LogP contribution in [0.3, 0.4) is 0 Å². The summed E-state index contributed by atoms with van der Waals surface area (Å²) in [5.41, 5.74) is 13.9. The molecule has 0 unspecified atom stereocenters. The number of benzene rings is 2. The molecule has 3 aromatic rings. The zero-order chi connectivity index (χ0) is 17.3. The van der Waals surface area contributed by atoms with Crippen molar-refractivity contribution in [3.05, 3.63) is 69.6 Å². The molecule has 24 heavy (non-hydrogen) atoms. The molecule has 6 heteroatoms. The average molecular weight is 323 g/mol. The van der Waals surface area contributed by atoms with Gasteiger partial charge < -0.3 is 21.2 Å². The fraction of sp³-hybridized carbons (Fsp3) is 0.111. The summed E-state index contributed by atoms with van der Waals surface area (Å²) in [6.07, 6.45) is 0. The van der Waals surface area contributed by atoms with Crippen molar-refractivity contribution in [2.24, 2.45) is 0 Å². The topological polar surface area (TPSA) is 111 Å². The maximum absolute atomic E-state index is 12.3. The number of hydrogen-bond acceptors (Lipinski definition) is 5. The highest BCUT2D eigenvalue weighted by molar-refractivity contribution is 5.96. The van der Waals surface area contributed by atoms with E-state index >= 15 is 0 Å². The van der Waals surface area contributed by atoms with Crippen LogP contribution in [0, 0.1) is 6.92 Å². The van der Waals surface area contributed by atoms with Crippen molar-refractivity contribution in [2.75, 3.05) is 11.5 Å². The van der Waals surface area contributed by atoms with E-state index in [2.05, 4.69) is 5.32 Å². The lowest BCUT2D eigenvalue weighted by Gasteiger charge is -2.07. The summed E-state index contributed by atoms with van der Waals surface area (Å²) >= 11 is 0. The van der Waals surface area contributed by atoms with Crippen LogP contribution in [0.2, 0.25) is 0 Å². The molecular formula is C18H17N3O3. The fourth-order valence-corrected chi connectivity index (χ4v) is 2.50. The van der Waals surface area contributed by atoms with E-state index in [0.29, 0.717) is 22.3 Å². The van der Waals surface area contributed by atoms with Crippen LogP contribution in [0.4, 0.5) is 11.4 Å². The summed E-state index contributed by atoms with van der Waals surface area (Å²) in [4.78, 5) is 24.3. The zero-order valence-electron chi connectivity index (χ0n) is 13.1. The highest BCUT2D eigenvalue weighted by Gasteiger charge is 2.13. The smallest absolute Gasteiger partial charge is 0.349 e. The van der Waals surface area contributed by atoms with Crippen molar-refractivity contribution in [3.63, 3.8) is 0 Å². The van der Waals surface area contributed by atoms with Gasteiger partial charge in [0.05, 0.1) is 0 Å². The van der Waals surface area contributed by atoms with E-state index in [1.165, 1.54) is 6.07 Å². The number of fused-ring (bicyclic) bond motifs is 1. The summed E-state index contributed by atoms with van der Waals surface area (Å²) in [6, 6.07) is 12.0. The average Bonchev–Trinajstić information content (AvgIpc) is 2.51. The van der Waals surface area contributed by atoms with Crippen molar-refractivity contribution in [1.29, 1.82) is 0 Å². The first kappa shape index (κ1) is 15.6. The first-order valence-corrected chi connectivity index (χ1v) is 7.40. The van der Waals surface area contributed by atoms with Gasteiger partial charge in [0.1, 0.15) is 11.1 Å². The van der Waals surface area contributed by atoms with E-state index in [0.717, 1.165) is 11.1 Å². The largest absolute Gasteiger partial charge is 0.422 e. The number of nitrogens with one attached hydrogen (secondary N) is 1. The van der Waals surface area contributed by atoms with Crippen molar-refractivity contribution in [1.82, 2.24) is 5.32 Å². The molecule has 0 bridgehead atoms. The van der Waals surface area contributed by atoms with Crippen molar-refractivity contribution in [3.8, 4) is 0 Å². The molecule has 0 spiro atoms. The third-order valence-corrected chi connectivity index (χ3v) is 3.63. The van der Waals surface area contributed by atoms with Crippen LogP contribution < -0.4 is 22.4 Å². The molecule has 0 saturated heterocycles. The molecule has 0 radical (unpaired) electrons. The Morgan fingerprint density at radius 2 is 1.79 bits per heavy atom. The number of rotatable bonds is 3. The fourth-order valence-electron chi connectivity index (χ4n) is 2.50. The Labute approximate surface area is 138 Å². The molecule has 0 aliphatic heterocycles. The van der Waals surface area contributed by atoms with Crippen molar-refractivity contribution >= 4 is 28.3 Å². The predicted molar refractivity (Wildman–Crippen MR) is 93.7 cm³/mol. The molecule has 6 nitrogen and oxygen atoms in total. The first-order valence-electron chi connectivity index (χ1n) is 7.40. The Morgan fingerprint density at radius 3 is 2.50 bits per heavy atom. The molecule has 1 aromatic heterocycles. The molecule has 0 saturated carbocycles. The van der Waals surface area contributed by atoms with Gasteiger partial charge >= 0.3 is 5.63 Å². The quantitative estimate of drug-likeness (QED) is 0.505. The van der Waals surface area contributed by atoms with E-state index in [1.807, 2.05) is 19.1 Å². The highest BCUT2D eigenvalue weighted by Crippen LogP contribution is 2.16. The number of aryl methyl sites for hydroxylation is 1. The van der Waals surface area contributed by atoms with Gasteiger partial charge in [0.15, 0.2) is 0 Å². The minimum Gasteiger partial charge on any atom is -0.422 e. The summed E-state index contributed by atoms with van der Waals surface area (Å²) < 4.78 is 5.23. The third kappa shape index (κ3) is 3.22. The molecular weight excluding hydrogens is 306 g/mol. The second kappa shape index (κ2) is 6.08. The standard InChI is InChI=1S/C18H17N3O3/c1-10-2-3-12-7-15(18(23)24-16(12)4-10)17(22)21-9-11-5-13(19)8-14(20)6-11/h2-8H,9,19-20H2,1H3,(H,21,22). The van der Waals surface area contributed by atoms with Gasteiger partial charge in [-0.2, -0.15) is 0 Å². The van der Waals surface area contributed by atoms with Crippen LogP contribution >= 0.6 is 0 Å². The zero-order valence-corrected chi connectivity index (χ0v) is 13.1. The van der Waals surface area contributed by atoms with E-state index < -0.39 is 11.5 Å². The summed E-state index contributed by atoms with van der Waals surface area (Å²) in [7, 11) is 0. The van der Waals surface area contributed by atoms with Gasteiger partial charge in [-0.15, -0.1) is 0 Å². The Morgan fingerprint density at radius 1 is 1.08 bits per heavy atom. The number of anilines is 2. The lowest BCUT2D eigenvalue weighted by molar-refractivity contribution is 0.0947. The molecule has 0 aliphatic rings. The van der Waals surface area contributed by atoms with Gasteiger partial charge in [0, 0.05) is 23.3 Å². The molecule has 2 aromatic carbocycles. The number of amides is 1. The molecule has 1 amide bonds. The Hall–Kier alpha value is -3.28. The van der Waals surface area contributed by atoms with E-state index in [1.54, 1.807) is 24.3 Å². The third-order valence-electron chi connectivity index (χ3n) is 3.63. The Kier molecular flexibility index (Phi) is 3.95. The number of nitrogens with two attached hydrogens (primary N) is 2. The maximum atomic E-state index is 12.3. The number of carbonyl (C=O) groups is 1. The van der Waals surface area contributed by atoms with E-state index in [-0.39, 0.29) is 12.1 Å². The van der Waals surface area contributed by atoms with Gasteiger partial charge in [-0.05, 0) is 48.4 Å². The molecule has 5 N–H and O–H groups in total. The number of hydrogen-bond donors (Lipinski definition) is 3. The second-order valence-electron chi connectivity index (χ2n) is 5.68. The van der Waals surface area contributed by atoms with Gasteiger partial charge in [0.2, 0.25) is 0 Å². The van der Waals surface area contributed by atoms with Gasteiger partial charge in [-0.3, -0.25) is 4.79 Å². The van der Waals surface area contributed by atoms with Gasteiger partial charge in [0.25, 0.3) is 5.91 Å². The first-order chi connectivity index (χ1) is 11.4.